The zero-order valence-corrected chi connectivity index (χ0v) is 48.0. The Balaban J connectivity index is 1.11. The van der Waals surface area contributed by atoms with Gasteiger partial charge in [0.15, 0.2) is 12.6 Å². The van der Waals surface area contributed by atoms with E-state index in [1.807, 2.05) is 11.8 Å². The molecule has 3 atom stereocenters. The number of pyridine rings is 1. The van der Waals surface area contributed by atoms with Crippen molar-refractivity contribution >= 4 is 54.3 Å². The van der Waals surface area contributed by atoms with Crippen LogP contribution in [0.25, 0.3) is 32.9 Å². The van der Waals surface area contributed by atoms with Crippen LogP contribution >= 0.6 is 0 Å². The zero-order chi connectivity index (χ0) is 53.5. The van der Waals surface area contributed by atoms with Crippen molar-refractivity contribution in [3.8, 4) is 34.5 Å². The molecule has 0 amide bonds. The highest BCUT2D eigenvalue weighted by Gasteiger charge is 2.54. The van der Waals surface area contributed by atoms with E-state index in [1.54, 1.807) is 24.4 Å². The lowest BCUT2D eigenvalue weighted by molar-refractivity contribution is 0.0446. The van der Waals surface area contributed by atoms with Gasteiger partial charge < -0.3 is 28.6 Å². The fraction of sp³-hybridized carbons (Fsp3) is 0.492. The molecule has 0 aliphatic carbocycles. The van der Waals surface area contributed by atoms with Crippen LogP contribution in [0.4, 0.5) is 14.6 Å². The van der Waals surface area contributed by atoms with Gasteiger partial charge in [-0.15, -0.1) is 5.54 Å². The Morgan fingerprint density at radius 2 is 1.51 bits per heavy atom. The number of nitrogens with zero attached hydrogens (tertiary/aromatic N) is 5. The van der Waals surface area contributed by atoms with Gasteiger partial charge in [0.05, 0.1) is 28.7 Å². The lowest BCUT2D eigenvalue weighted by Gasteiger charge is -2.44. The van der Waals surface area contributed by atoms with Gasteiger partial charge in [0.25, 0.3) is 8.32 Å². The predicted molar refractivity (Wildman–Crippen MR) is 303 cm³/mol. The Morgan fingerprint density at radius 3 is 2.13 bits per heavy atom. The number of methoxy groups -OCH3 is 1. The molecule has 398 valence electrons. The van der Waals surface area contributed by atoms with Crippen LogP contribution in [0.15, 0.2) is 91.1 Å². The van der Waals surface area contributed by atoms with E-state index >= 15 is 8.78 Å². The molecule has 0 unspecified atom stereocenters. The molecular formula is C61H77F2N5O5Si2. The molecular weight excluding hydrogens is 977 g/mol. The Bertz CT molecular complexity index is 3010. The van der Waals surface area contributed by atoms with E-state index in [4.69, 9.17) is 33.6 Å². The van der Waals surface area contributed by atoms with E-state index in [1.165, 1.54) is 23.5 Å². The molecule has 0 radical (unpaired) electrons. The van der Waals surface area contributed by atoms with Crippen LogP contribution in [0.2, 0.25) is 21.7 Å². The van der Waals surface area contributed by atoms with Gasteiger partial charge in [0.1, 0.15) is 43.3 Å². The number of aliphatic hydroxyl groups is 1. The van der Waals surface area contributed by atoms with Gasteiger partial charge in [-0.2, -0.15) is 9.97 Å². The van der Waals surface area contributed by atoms with Crippen molar-refractivity contribution in [3.05, 3.63) is 108 Å². The fourth-order valence-corrected chi connectivity index (χ4v) is 23.2. The first kappa shape index (κ1) is 54.5. The monoisotopic (exact) mass is 1050 g/mol. The molecule has 3 saturated heterocycles. The Hall–Kier alpha value is -5.28. The van der Waals surface area contributed by atoms with Gasteiger partial charge in [0.2, 0.25) is 0 Å². The predicted octanol–water partition coefficient (Wildman–Crippen LogP) is 12.0. The second-order valence-electron chi connectivity index (χ2n) is 23.7. The van der Waals surface area contributed by atoms with Gasteiger partial charge >= 0.3 is 6.01 Å². The smallest absolute Gasteiger partial charge is 0.319 e. The minimum Gasteiger partial charge on any atom is -0.468 e. The van der Waals surface area contributed by atoms with Crippen LogP contribution in [0, 0.1) is 23.1 Å². The van der Waals surface area contributed by atoms with E-state index in [2.05, 4.69) is 139 Å². The first-order valence-corrected chi connectivity index (χ1v) is 31.3. The van der Waals surface area contributed by atoms with Gasteiger partial charge in [-0.3, -0.25) is 9.88 Å². The van der Waals surface area contributed by atoms with E-state index in [9.17, 15) is 5.11 Å². The number of halogens is 2. The summed E-state index contributed by atoms with van der Waals surface area (Å²) in [7, 11) is -3.58. The third kappa shape index (κ3) is 10.3. The first-order valence-electron chi connectivity index (χ1n) is 27.1. The number of fused-ring (bicyclic) bond motifs is 3. The molecule has 0 saturated carbocycles. The van der Waals surface area contributed by atoms with Gasteiger partial charge in [-0.05, 0) is 108 Å². The highest BCUT2D eigenvalue weighted by atomic mass is 28.4. The summed E-state index contributed by atoms with van der Waals surface area (Å²) in [4.78, 5) is 19.4. The lowest BCUT2D eigenvalue weighted by atomic mass is 9.94. The summed E-state index contributed by atoms with van der Waals surface area (Å²) in [6, 6.07) is 28.4. The van der Waals surface area contributed by atoms with Crippen molar-refractivity contribution in [1.29, 1.82) is 0 Å². The normalized spacial score (nSPS) is 20.6. The number of hydrogen-bond acceptors (Lipinski definition) is 10. The van der Waals surface area contributed by atoms with Crippen molar-refractivity contribution in [2.75, 3.05) is 51.7 Å². The fourth-order valence-electron chi connectivity index (χ4n) is 13.4. The largest absolute Gasteiger partial charge is 0.468 e. The quantitative estimate of drug-likeness (QED) is 0.0573. The number of benzene rings is 4. The number of hydrogen-bond donors (Lipinski definition) is 1. The maximum atomic E-state index is 18.1. The average molecular weight is 1050 g/mol. The molecule has 4 aromatic carbocycles. The van der Waals surface area contributed by atoms with Crippen LogP contribution < -0.4 is 24.7 Å². The Morgan fingerprint density at radius 1 is 0.840 bits per heavy atom. The molecule has 0 spiro atoms. The topological polar surface area (TPSA) is 102 Å². The second-order valence-corrected chi connectivity index (χ2v) is 33.6. The number of β-amino-alcohol motifs (C(OH)–C–C–N with tert-alkyl or cyclic N) is 1. The SMILES string of the molecule is COCOc1cc(-c2ncc3c(N4CCC[C@@](C)(O)C4)nc(OC[C@@]45CCCN4[C@H](CO[Si](c4ccccc4)(c4ccccc4)C(C)(C)C)CC5)nc3c2F)c2c(C#C[Si](C(C)C)(C(C)C)C(C)C)c(F)ccc2c1. The Labute approximate surface area is 445 Å². The van der Waals surface area contributed by atoms with Gasteiger partial charge in [-0.25, -0.2) is 8.78 Å². The highest BCUT2D eigenvalue weighted by Crippen LogP contribution is 2.46. The number of ether oxygens (including phenoxy) is 3. The maximum absolute atomic E-state index is 18.1. The minimum atomic E-state index is -2.78. The molecule has 5 heterocycles. The number of rotatable bonds is 16. The standard InChI is InChI=1S/C61H77F2N5O5Si2/c1-41(2)74(42(3)4,43(5)6)33-27-49-52(62)25-24-44-34-46(72-40-70-11)35-50(53(44)49)55-54(63)56-51(36-64-55)57(67-31-18-28-60(10,69)38-67)66-58(65-56)71-39-61-29-19-32-68(61)45(26-30-61)37-73-75(59(7,8)9,47-20-14-12-15-21-47)48-22-16-13-17-23-48/h12-17,20-25,34-36,41-43,45,69H,18-19,26,28-32,37-40H2,1-11H3/t45-,60+,61-/m0/s1. The van der Waals surface area contributed by atoms with Crippen LogP contribution in [-0.4, -0.2) is 105 Å². The lowest BCUT2D eigenvalue weighted by Crippen LogP contribution is -2.67. The van der Waals surface area contributed by atoms with Crippen molar-refractivity contribution in [2.24, 2.45) is 0 Å². The summed E-state index contributed by atoms with van der Waals surface area (Å²) in [6.07, 6.45) is 6.73. The maximum Gasteiger partial charge on any atom is 0.319 e. The Kier molecular flexibility index (Phi) is 15.7. The molecule has 10 nitrogen and oxygen atoms in total. The molecule has 3 aliphatic heterocycles. The summed E-state index contributed by atoms with van der Waals surface area (Å²) in [5.41, 5.74) is 3.84. The molecule has 2 aromatic heterocycles. The van der Waals surface area contributed by atoms with Crippen LogP contribution in [0.1, 0.15) is 113 Å². The van der Waals surface area contributed by atoms with Crippen LogP contribution in [-0.2, 0) is 9.16 Å². The molecule has 9 rings (SSSR count). The van der Waals surface area contributed by atoms with Crippen LogP contribution in [0.3, 0.4) is 0 Å². The molecule has 14 heteroatoms. The van der Waals surface area contributed by atoms with Crippen molar-refractivity contribution < 1.29 is 32.5 Å². The molecule has 3 fully saturated rings. The minimum absolute atomic E-state index is 0.0141. The van der Waals surface area contributed by atoms with Gasteiger partial charge in [0, 0.05) is 43.4 Å². The second kappa shape index (κ2) is 21.6. The first-order chi connectivity index (χ1) is 35.7. The van der Waals surface area contributed by atoms with E-state index < -0.39 is 33.6 Å². The molecule has 75 heavy (non-hydrogen) atoms. The third-order valence-electron chi connectivity index (χ3n) is 16.9. The highest BCUT2D eigenvalue weighted by molar-refractivity contribution is 6.99. The zero-order valence-electron chi connectivity index (χ0n) is 46.0. The molecule has 6 aromatic rings. The summed E-state index contributed by atoms with van der Waals surface area (Å²) >= 11 is 0. The van der Waals surface area contributed by atoms with Crippen LogP contribution in [0.5, 0.6) is 11.8 Å². The summed E-state index contributed by atoms with van der Waals surface area (Å²) in [5, 5.41) is 15.2. The molecule has 0 bridgehead atoms. The third-order valence-corrected chi connectivity index (χ3v) is 28.2. The number of anilines is 1. The average Bonchev–Trinajstić information content (AvgIpc) is 3.96. The van der Waals surface area contributed by atoms with Crippen molar-refractivity contribution in [3.63, 3.8) is 0 Å². The van der Waals surface area contributed by atoms with E-state index in [-0.39, 0.29) is 52.7 Å². The number of aromatic nitrogens is 3. The summed E-state index contributed by atoms with van der Waals surface area (Å²) < 4.78 is 60.2. The van der Waals surface area contributed by atoms with Crippen molar-refractivity contribution in [1.82, 2.24) is 19.9 Å². The molecule has 3 aliphatic rings. The molecule has 1 N–H and O–H groups in total. The van der Waals surface area contributed by atoms with Crippen molar-refractivity contribution in [2.45, 2.75) is 147 Å². The van der Waals surface area contributed by atoms with E-state index in [0.717, 1.165) is 32.2 Å². The van der Waals surface area contributed by atoms with Gasteiger partial charge in [-0.1, -0.05) is 135 Å². The van der Waals surface area contributed by atoms with E-state index in [0.29, 0.717) is 82.5 Å². The summed E-state index contributed by atoms with van der Waals surface area (Å²) in [5.74, 6) is 3.00. The number of piperidine rings is 1. The summed E-state index contributed by atoms with van der Waals surface area (Å²) in [6.45, 7) is 24.7.